The predicted molar refractivity (Wildman–Crippen MR) is 129 cm³/mol. The molecule has 0 amide bonds. The lowest BCUT2D eigenvalue weighted by atomic mass is 9.88. The highest BCUT2D eigenvalue weighted by molar-refractivity contribution is 7.98. The molecule has 3 aromatic carbocycles. The number of fused-ring (bicyclic) bond motifs is 1. The number of methoxy groups -OCH3 is 1. The molecule has 0 saturated carbocycles. The second-order valence-corrected chi connectivity index (χ2v) is 9.02. The van der Waals surface area contributed by atoms with E-state index in [-0.39, 0.29) is 0 Å². The third kappa shape index (κ3) is 3.90. The van der Waals surface area contributed by atoms with Crippen LogP contribution in [0.25, 0.3) is 16.6 Å². The topological polar surface area (TPSA) is 81.5 Å². The van der Waals surface area contributed by atoms with E-state index in [2.05, 4.69) is 8.75 Å². The number of nitrogens with zero attached hydrogens (tertiary/aromatic N) is 2. The number of hydrogen-bond donors (Lipinski definition) is 1. The fourth-order valence-electron chi connectivity index (χ4n) is 3.97. The van der Waals surface area contributed by atoms with E-state index in [0.717, 1.165) is 27.7 Å². The SMILES string of the molecule is COc1ccc(C2(O)OC(=O)C(c3ccc4nsnc4c3)=C2Cc2ccc(SC)cc2)cc1. The number of carbonyl (C=O) groups excluding carboxylic acids is 1. The van der Waals surface area contributed by atoms with Gasteiger partial charge < -0.3 is 14.6 Å². The summed E-state index contributed by atoms with van der Waals surface area (Å²) >= 11 is 2.77. The minimum absolute atomic E-state index is 0.339. The first-order chi connectivity index (χ1) is 16.0. The molecule has 1 aromatic heterocycles. The van der Waals surface area contributed by atoms with Gasteiger partial charge in [0.25, 0.3) is 5.79 Å². The summed E-state index contributed by atoms with van der Waals surface area (Å²) in [5, 5.41) is 11.8. The maximum absolute atomic E-state index is 13.2. The van der Waals surface area contributed by atoms with Crippen LogP contribution in [0.5, 0.6) is 5.75 Å². The van der Waals surface area contributed by atoms with Crippen molar-refractivity contribution in [1.29, 1.82) is 0 Å². The standard InChI is InChI=1S/C25H20N2O4S2/c1-30-18-8-6-17(7-9-18)25(29)20(13-15-3-10-19(32-2)11-4-15)23(24(28)31-25)16-5-12-21-22(14-16)27-33-26-21/h3-12,14,29H,13H2,1-2H3. The van der Waals surface area contributed by atoms with Crippen LogP contribution in [0.1, 0.15) is 16.7 Å². The molecule has 0 fully saturated rings. The van der Waals surface area contributed by atoms with Crippen LogP contribution in [0.2, 0.25) is 0 Å². The van der Waals surface area contributed by atoms with Crippen molar-refractivity contribution in [2.75, 3.05) is 13.4 Å². The summed E-state index contributed by atoms with van der Waals surface area (Å²) < 4.78 is 19.4. The molecule has 33 heavy (non-hydrogen) atoms. The van der Waals surface area contributed by atoms with Gasteiger partial charge in [0.15, 0.2) is 0 Å². The molecule has 0 saturated heterocycles. The van der Waals surface area contributed by atoms with Crippen LogP contribution in [-0.2, 0) is 21.7 Å². The van der Waals surface area contributed by atoms with Gasteiger partial charge in [-0.05, 0) is 65.9 Å². The van der Waals surface area contributed by atoms with Crippen molar-refractivity contribution < 1.29 is 19.4 Å². The summed E-state index contributed by atoms with van der Waals surface area (Å²) in [6, 6.07) is 20.4. The lowest BCUT2D eigenvalue weighted by Crippen LogP contribution is -2.29. The first-order valence-corrected chi connectivity index (χ1v) is 12.2. The molecule has 6 nitrogen and oxygen atoms in total. The van der Waals surface area contributed by atoms with E-state index < -0.39 is 11.8 Å². The van der Waals surface area contributed by atoms with Crippen LogP contribution >= 0.6 is 23.5 Å². The van der Waals surface area contributed by atoms with Crippen LogP contribution in [0.3, 0.4) is 0 Å². The van der Waals surface area contributed by atoms with Gasteiger partial charge >= 0.3 is 5.97 Å². The number of aromatic nitrogens is 2. The van der Waals surface area contributed by atoms with Gasteiger partial charge in [0, 0.05) is 22.5 Å². The summed E-state index contributed by atoms with van der Waals surface area (Å²) in [4.78, 5) is 14.3. The van der Waals surface area contributed by atoms with Crippen LogP contribution in [0, 0.1) is 0 Å². The molecule has 1 unspecified atom stereocenters. The Balaban J connectivity index is 1.67. The minimum atomic E-state index is -1.90. The monoisotopic (exact) mass is 476 g/mol. The van der Waals surface area contributed by atoms with Gasteiger partial charge in [0.2, 0.25) is 0 Å². The lowest BCUT2D eigenvalue weighted by Gasteiger charge is -2.26. The summed E-state index contributed by atoms with van der Waals surface area (Å²) in [5.74, 6) is -1.83. The smallest absolute Gasteiger partial charge is 0.342 e. The molecular formula is C25H20N2O4S2. The zero-order valence-corrected chi connectivity index (χ0v) is 19.6. The molecule has 1 atom stereocenters. The van der Waals surface area contributed by atoms with Crippen LogP contribution in [-0.4, -0.2) is 33.2 Å². The van der Waals surface area contributed by atoms with Gasteiger partial charge in [0.1, 0.15) is 16.8 Å². The molecule has 0 radical (unpaired) electrons. The van der Waals surface area contributed by atoms with Crippen molar-refractivity contribution in [3.63, 3.8) is 0 Å². The van der Waals surface area contributed by atoms with E-state index in [1.54, 1.807) is 43.1 Å². The molecule has 8 heteroatoms. The molecule has 4 aromatic rings. The Morgan fingerprint density at radius 2 is 1.76 bits per heavy atom. The number of ether oxygens (including phenoxy) is 2. The number of benzene rings is 3. The molecule has 0 aliphatic carbocycles. The second-order valence-electron chi connectivity index (χ2n) is 7.61. The Bertz CT molecular complexity index is 1360. The average Bonchev–Trinajstić information content (AvgIpc) is 3.41. The van der Waals surface area contributed by atoms with Crippen molar-refractivity contribution in [1.82, 2.24) is 8.75 Å². The first kappa shape index (κ1) is 21.6. The molecule has 0 bridgehead atoms. The van der Waals surface area contributed by atoms with E-state index in [9.17, 15) is 9.90 Å². The quantitative estimate of drug-likeness (QED) is 0.316. The van der Waals surface area contributed by atoms with Gasteiger partial charge in [-0.2, -0.15) is 8.75 Å². The molecule has 1 aliphatic heterocycles. The van der Waals surface area contributed by atoms with Crippen molar-refractivity contribution in [3.8, 4) is 5.75 Å². The number of thioether (sulfide) groups is 1. The Morgan fingerprint density at radius 3 is 2.45 bits per heavy atom. The zero-order valence-electron chi connectivity index (χ0n) is 17.9. The highest BCUT2D eigenvalue weighted by atomic mass is 32.2. The van der Waals surface area contributed by atoms with Gasteiger partial charge in [-0.25, -0.2) is 4.79 Å². The van der Waals surface area contributed by atoms with Crippen molar-refractivity contribution in [2.45, 2.75) is 17.1 Å². The maximum Gasteiger partial charge on any atom is 0.342 e. The molecule has 1 aliphatic rings. The highest BCUT2D eigenvalue weighted by Crippen LogP contribution is 2.45. The Kier molecular flexibility index (Phi) is 5.65. The van der Waals surface area contributed by atoms with Gasteiger partial charge in [-0.15, -0.1) is 11.8 Å². The van der Waals surface area contributed by atoms with E-state index in [1.165, 1.54) is 0 Å². The minimum Gasteiger partial charge on any atom is -0.497 e. The lowest BCUT2D eigenvalue weighted by molar-refractivity contribution is -0.185. The normalized spacial score (nSPS) is 18.1. The summed E-state index contributed by atoms with van der Waals surface area (Å²) in [7, 11) is 1.57. The van der Waals surface area contributed by atoms with Crippen LogP contribution in [0.15, 0.2) is 77.2 Å². The third-order valence-corrected chi connectivity index (χ3v) is 7.02. The summed E-state index contributed by atoms with van der Waals surface area (Å²) in [5.41, 5.74) is 4.34. The largest absolute Gasteiger partial charge is 0.497 e. The molecule has 5 rings (SSSR count). The molecule has 166 valence electrons. The number of hydrogen-bond acceptors (Lipinski definition) is 8. The maximum atomic E-state index is 13.2. The average molecular weight is 477 g/mol. The van der Waals surface area contributed by atoms with E-state index in [1.807, 2.05) is 48.7 Å². The van der Waals surface area contributed by atoms with Crippen LogP contribution < -0.4 is 4.74 Å². The second kappa shape index (κ2) is 8.62. The summed E-state index contributed by atoms with van der Waals surface area (Å²) in [6.45, 7) is 0. The van der Waals surface area contributed by atoms with E-state index in [0.29, 0.717) is 40.0 Å². The molecule has 2 heterocycles. The first-order valence-electron chi connectivity index (χ1n) is 10.2. The molecule has 1 N–H and O–H groups in total. The number of esters is 1. The molecule has 0 spiro atoms. The van der Waals surface area contributed by atoms with Crippen molar-refractivity contribution >= 4 is 46.1 Å². The Morgan fingerprint density at radius 1 is 1.03 bits per heavy atom. The number of carbonyl (C=O) groups is 1. The van der Waals surface area contributed by atoms with E-state index in [4.69, 9.17) is 9.47 Å². The third-order valence-electron chi connectivity index (χ3n) is 5.72. The fourth-order valence-corrected chi connectivity index (χ4v) is 4.90. The van der Waals surface area contributed by atoms with Gasteiger partial charge in [-0.3, -0.25) is 0 Å². The number of cyclic esters (lactones) is 1. The highest BCUT2D eigenvalue weighted by Gasteiger charge is 2.48. The number of rotatable bonds is 6. The van der Waals surface area contributed by atoms with Crippen molar-refractivity contribution in [3.05, 3.63) is 89.0 Å². The zero-order chi connectivity index (χ0) is 23.0. The Hall–Kier alpha value is -3.20. The Labute approximate surface area is 199 Å². The van der Waals surface area contributed by atoms with Gasteiger partial charge in [-0.1, -0.05) is 18.2 Å². The van der Waals surface area contributed by atoms with Crippen LogP contribution in [0.4, 0.5) is 0 Å². The predicted octanol–water partition coefficient (Wildman–Crippen LogP) is 4.82. The fraction of sp³-hybridized carbons (Fsp3) is 0.160. The van der Waals surface area contributed by atoms with E-state index >= 15 is 0 Å². The summed E-state index contributed by atoms with van der Waals surface area (Å²) in [6.07, 6.45) is 2.36. The number of aliphatic hydroxyl groups is 1. The molecular weight excluding hydrogens is 456 g/mol. The van der Waals surface area contributed by atoms with Gasteiger partial charge in [0.05, 0.1) is 24.4 Å². The van der Waals surface area contributed by atoms with Crippen molar-refractivity contribution in [2.24, 2.45) is 0 Å².